The highest BCUT2D eigenvalue weighted by Gasteiger charge is 2.42. The molecule has 0 atom stereocenters. The molecular weight excluding hydrogens is 256 g/mol. The molecule has 1 fully saturated rings. The molecule has 0 radical (unpaired) electrons. The number of ether oxygens (including phenoxy) is 1. The van der Waals surface area contributed by atoms with Gasteiger partial charge in [0.25, 0.3) is 0 Å². The van der Waals surface area contributed by atoms with Crippen LogP contribution in [0.4, 0.5) is 0 Å². The van der Waals surface area contributed by atoms with Crippen molar-refractivity contribution in [3.63, 3.8) is 0 Å². The molecule has 0 amide bonds. The Labute approximate surface area is 98.9 Å². The van der Waals surface area contributed by atoms with Crippen LogP contribution in [0.5, 0.6) is 5.75 Å². The summed E-state index contributed by atoms with van der Waals surface area (Å²) < 4.78 is 7.67. The first-order chi connectivity index (χ1) is 7.28. The van der Waals surface area contributed by atoms with Gasteiger partial charge in [-0.3, -0.25) is 4.68 Å². The van der Waals surface area contributed by atoms with Gasteiger partial charge in [0.05, 0.1) is 19.0 Å². The Bertz CT molecular complexity index is 320. The van der Waals surface area contributed by atoms with Gasteiger partial charge in [-0.1, -0.05) is 22.9 Å². The van der Waals surface area contributed by atoms with Gasteiger partial charge in [-0.25, -0.2) is 0 Å². The number of rotatable bonds is 6. The molecule has 4 heteroatoms. The van der Waals surface area contributed by atoms with Crippen molar-refractivity contribution in [1.29, 1.82) is 0 Å². The molecule has 0 aromatic carbocycles. The molecule has 0 spiro atoms. The lowest BCUT2D eigenvalue weighted by atomic mass is 10.2. The zero-order valence-electron chi connectivity index (χ0n) is 9.08. The van der Waals surface area contributed by atoms with Crippen LogP contribution in [-0.4, -0.2) is 21.7 Å². The minimum absolute atomic E-state index is 0.410. The van der Waals surface area contributed by atoms with Crippen LogP contribution in [0.3, 0.4) is 0 Å². The number of halogens is 1. The maximum absolute atomic E-state index is 5.74. The molecule has 1 saturated carbocycles. The van der Waals surface area contributed by atoms with E-state index in [1.165, 1.54) is 12.8 Å². The molecule has 0 bridgehead atoms. The normalized spacial score (nSPS) is 17.7. The van der Waals surface area contributed by atoms with E-state index in [9.17, 15) is 0 Å². The Kier molecular flexibility index (Phi) is 3.34. The summed E-state index contributed by atoms with van der Waals surface area (Å²) in [6, 6.07) is 0. The summed E-state index contributed by atoms with van der Waals surface area (Å²) in [7, 11) is 0. The van der Waals surface area contributed by atoms with Crippen LogP contribution in [0, 0.1) is 5.41 Å². The van der Waals surface area contributed by atoms with Gasteiger partial charge in [0.2, 0.25) is 0 Å². The number of alkyl halides is 1. The lowest BCUT2D eigenvalue weighted by Gasteiger charge is -2.11. The molecule has 3 nitrogen and oxygen atoms in total. The first-order valence-corrected chi connectivity index (χ1v) is 6.61. The van der Waals surface area contributed by atoms with E-state index in [2.05, 4.69) is 28.0 Å². The molecule has 84 valence electrons. The van der Waals surface area contributed by atoms with Crippen LogP contribution < -0.4 is 4.74 Å². The van der Waals surface area contributed by atoms with E-state index in [4.69, 9.17) is 4.74 Å². The van der Waals surface area contributed by atoms with Crippen molar-refractivity contribution in [2.24, 2.45) is 5.41 Å². The fourth-order valence-electron chi connectivity index (χ4n) is 1.50. The Morgan fingerprint density at radius 1 is 1.60 bits per heavy atom. The first-order valence-electron chi connectivity index (χ1n) is 5.49. The Hall–Kier alpha value is -0.510. The number of aryl methyl sites for hydroxylation is 1. The summed E-state index contributed by atoms with van der Waals surface area (Å²) in [6.45, 7) is 3.93. The fourth-order valence-corrected chi connectivity index (χ4v) is 2.22. The van der Waals surface area contributed by atoms with Crippen LogP contribution >= 0.6 is 15.9 Å². The van der Waals surface area contributed by atoms with Crippen molar-refractivity contribution >= 4 is 15.9 Å². The van der Waals surface area contributed by atoms with Gasteiger partial charge in [0, 0.05) is 17.3 Å². The van der Waals surface area contributed by atoms with Gasteiger partial charge < -0.3 is 4.74 Å². The van der Waals surface area contributed by atoms with Gasteiger partial charge in [0.1, 0.15) is 0 Å². The second-order valence-electron chi connectivity index (χ2n) is 4.36. The standard InChI is InChI=1S/C11H17BrN2O/c1-2-5-14-7-10(6-13-14)15-9-11(8-12)3-4-11/h6-7H,2-5,8-9H2,1H3. The summed E-state index contributed by atoms with van der Waals surface area (Å²) in [5.41, 5.74) is 0.410. The number of hydrogen-bond acceptors (Lipinski definition) is 2. The van der Waals surface area contributed by atoms with E-state index in [0.717, 1.165) is 30.7 Å². The van der Waals surface area contributed by atoms with E-state index < -0.39 is 0 Å². The molecule has 1 heterocycles. The molecule has 1 aromatic heterocycles. The predicted octanol–water partition coefficient (Wildman–Crippen LogP) is 2.85. The van der Waals surface area contributed by atoms with E-state index in [1.54, 1.807) is 6.20 Å². The monoisotopic (exact) mass is 272 g/mol. The highest BCUT2D eigenvalue weighted by Crippen LogP contribution is 2.47. The second-order valence-corrected chi connectivity index (χ2v) is 4.92. The number of aromatic nitrogens is 2. The fraction of sp³-hybridized carbons (Fsp3) is 0.727. The van der Waals surface area contributed by atoms with E-state index in [-0.39, 0.29) is 0 Å². The first kappa shape index (κ1) is 11.0. The van der Waals surface area contributed by atoms with E-state index in [0.29, 0.717) is 5.41 Å². The summed E-state index contributed by atoms with van der Waals surface area (Å²) in [6.07, 6.45) is 7.45. The molecular formula is C11H17BrN2O. The van der Waals surface area contributed by atoms with Gasteiger partial charge in [-0.15, -0.1) is 0 Å². The van der Waals surface area contributed by atoms with Crippen molar-refractivity contribution in [2.45, 2.75) is 32.7 Å². The molecule has 0 N–H and O–H groups in total. The minimum atomic E-state index is 0.410. The molecule has 0 saturated heterocycles. The quantitative estimate of drug-likeness (QED) is 0.745. The molecule has 0 unspecified atom stereocenters. The summed E-state index contributed by atoms with van der Waals surface area (Å²) >= 11 is 3.54. The Morgan fingerprint density at radius 2 is 2.40 bits per heavy atom. The lowest BCUT2D eigenvalue weighted by Crippen LogP contribution is -2.13. The molecule has 2 rings (SSSR count). The van der Waals surface area contributed by atoms with Crippen LogP contribution in [-0.2, 0) is 6.54 Å². The average molecular weight is 273 g/mol. The minimum Gasteiger partial charge on any atom is -0.490 e. The van der Waals surface area contributed by atoms with Crippen LogP contribution in [0.25, 0.3) is 0 Å². The summed E-state index contributed by atoms with van der Waals surface area (Å²) in [5.74, 6) is 0.899. The molecule has 1 aromatic rings. The van der Waals surface area contributed by atoms with Crippen LogP contribution in [0.15, 0.2) is 12.4 Å². The highest BCUT2D eigenvalue weighted by molar-refractivity contribution is 9.09. The van der Waals surface area contributed by atoms with Crippen LogP contribution in [0.2, 0.25) is 0 Å². The zero-order chi connectivity index (χ0) is 10.7. The molecule has 1 aliphatic rings. The van der Waals surface area contributed by atoms with Crippen molar-refractivity contribution in [2.75, 3.05) is 11.9 Å². The van der Waals surface area contributed by atoms with E-state index >= 15 is 0 Å². The zero-order valence-corrected chi connectivity index (χ0v) is 10.7. The number of nitrogens with zero attached hydrogens (tertiary/aromatic N) is 2. The third-order valence-electron chi connectivity index (χ3n) is 2.85. The predicted molar refractivity (Wildman–Crippen MR) is 63.5 cm³/mol. The van der Waals surface area contributed by atoms with E-state index in [1.807, 2.05) is 10.9 Å². The second kappa shape index (κ2) is 4.56. The largest absolute Gasteiger partial charge is 0.490 e. The molecule has 0 aliphatic heterocycles. The van der Waals surface area contributed by atoms with Crippen molar-refractivity contribution in [3.05, 3.63) is 12.4 Å². The molecule has 15 heavy (non-hydrogen) atoms. The third kappa shape index (κ3) is 2.74. The Morgan fingerprint density at radius 3 is 3.00 bits per heavy atom. The van der Waals surface area contributed by atoms with Gasteiger partial charge in [-0.05, 0) is 19.3 Å². The van der Waals surface area contributed by atoms with Gasteiger partial charge in [-0.2, -0.15) is 5.10 Å². The van der Waals surface area contributed by atoms with Crippen molar-refractivity contribution in [1.82, 2.24) is 9.78 Å². The lowest BCUT2D eigenvalue weighted by molar-refractivity contribution is 0.251. The summed E-state index contributed by atoms with van der Waals surface area (Å²) in [4.78, 5) is 0. The van der Waals surface area contributed by atoms with Crippen molar-refractivity contribution < 1.29 is 4.74 Å². The third-order valence-corrected chi connectivity index (χ3v) is 4.04. The maximum Gasteiger partial charge on any atom is 0.157 e. The average Bonchev–Trinajstić information content (AvgIpc) is 2.91. The molecule has 1 aliphatic carbocycles. The smallest absolute Gasteiger partial charge is 0.157 e. The van der Waals surface area contributed by atoms with Crippen molar-refractivity contribution in [3.8, 4) is 5.75 Å². The topological polar surface area (TPSA) is 27.1 Å². The van der Waals surface area contributed by atoms with Gasteiger partial charge >= 0.3 is 0 Å². The maximum atomic E-state index is 5.74. The highest BCUT2D eigenvalue weighted by atomic mass is 79.9. The Balaban J connectivity index is 1.83. The SMILES string of the molecule is CCCn1cc(OCC2(CBr)CC2)cn1. The van der Waals surface area contributed by atoms with Crippen LogP contribution in [0.1, 0.15) is 26.2 Å². The van der Waals surface area contributed by atoms with Gasteiger partial charge in [0.15, 0.2) is 5.75 Å². The number of hydrogen-bond donors (Lipinski definition) is 0. The summed E-state index contributed by atoms with van der Waals surface area (Å²) in [5, 5.41) is 5.28.